The topological polar surface area (TPSA) is 52.4 Å². The molecule has 0 aliphatic carbocycles. The Balaban J connectivity index is 0.000000174. The molecule has 0 spiro atoms. The molecule has 8 heteroatoms. The van der Waals surface area contributed by atoms with Crippen LogP contribution in [0.25, 0.3) is 0 Å². The van der Waals surface area contributed by atoms with Crippen LogP contribution in [0.15, 0.2) is 206 Å². The van der Waals surface area contributed by atoms with Crippen molar-refractivity contribution in [2.45, 2.75) is 0 Å². The SMILES string of the molecule is [CH2-]Oc1cccc([N+](=O)[O-])c1.[Cl][Pd+].c1ccc(P(c2ccccc2)c2ccccc2)cc1.c1ccc(P(c2ccccc2)c2ccccc2)cc1. The fourth-order valence-electron chi connectivity index (χ4n) is 5.04. The van der Waals surface area contributed by atoms with Gasteiger partial charge in [0.25, 0.3) is 5.69 Å². The van der Waals surface area contributed by atoms with E-state index in [4.69, 9.17) is 0 Å². The minimum Gasteiger partial charge on any atom is -0.0622 e. The first-order valence-electron chi connectivity index (χ1n) is 15.8. The van der Waals surface area contributed by atoms with E-state index >= 15 is 0 Å². The average molecular weight is 819 g/mol. The Kier molecular flexibility index (Phi) is 17.3. The van der Waals surface area contributed by atoms with Gasteiger partial charge in [0.15, 0.2) is 0 Å². The Morgan fingerprint density at radius 1 is 0.451 bits per heavy atom. The molecule has 4 nitrogen and oxygen atoms in total. The predicted octanol–water partition coefficient (Wildman–Crippen LogP) is 9.34. The molecule has 0 fully saturated rings. The molecule has 0 aliphatic rings. The third-order valence-corrected chi connectivity index (χ3v) is 12.2. The predicted molar refractivity (Wildman–Crippen MR) is 215 cm³/mol. The van der Waals surface area contributed by atoms with Gasteiger partial charge in [-0.2, -0.15) is 7.11 Å². The first-order valence-corrected chi connectivity index (χ1v) is 20.5. The molecule has 0 atom stereocenters. The molecule has 0 saturated heterocycles. The summed E-state index contributed by atoms with van der Waals surface area (Å²) in [5, 5.41) is 18.6. The molecule has 0 radical (unpaired) electrons. The molecule has 0 bridgehead atoms. The van der Waals surface area contributed by atoms with E-state index in [1.807, 2.05) is 0 Å². The summed E-state index contributed by atoms with van der Waals surface area (Å²) in [6.45, 7) is 0. The number of ether oxygens (including phenoxy) is 1. The van der Waals surface area contributed by atoms with Gasteiger partial charge in [0.05, 0.1) is 16.7 Å². The third-order valence-electron chi connectivity index (χ3n) is 7.28. The number of nitro benzene ring substituents is 1. The molecule has 7 rings (SSSR count). The molecule has 51 heavy (non-hydrogen) atoms. The van der Waals surface area contributed by atoms with E-state index in [1.54, 1.807) is 12.1 Å². The van der Waals surface area contributed by atoms with Gasteiger partial charge >= 0.3 is 27.7 Å². The van der Waals surface area contributed by atoms with Crippen molar-refractivity contribution >= 4 is 62.9 Å². The standard InChI is InChI=1S/2C18H15P.C7H6NO3.ClH.Pd/c2*1-4-10-16(11-5-1)19(17-12-6-2-7-13-17)18-14-8-3-9-15-18;1-11-7-4-2-3-6(5-7)8(9)10;;/h2*1-15H;2-5H,1H2;1H;/q;;-1;;+2/p-1. The maximum absolute atomic E-state index is 10.2. The van der Waals surface area contributed by atoms with E-state index < -0.39 is 20.8 Å². The Hall–Kier alpha value is -4.45. The maximum Gasteiger partial charge on any atom is -0.0134 e. The van der Waals surface area contributed by atoms with Crippen molar-refractivity contribution in [1.29, 1.82) is 0 Å². The molecule has 0 aromatic heterocycles. The second-order valence-corrected chi connectivity index (χ2v) is 15.0. The quantitative estimate of drug-likeness (QED) is 0.0506. The van der Waals surface area contributed by atoms with Crippen LogP contribution < -0.4 is 36.6 Å². The summed E-state index contributed by atoms with van der Waals surface area (Å²) in [7, 11) is 6.73. The molecule has 7 aromatic rings. The third kappa shape index (κ3) is 12.4. The van der Waals surface area contributed by atoms with E-state index in [0.717, 1.165) is 0 Å². The van der Waals surface area contributed by atoms with E-state index in [1.165, 1.54) is 44.0 Å². The summed E-state index contributed by atoms with van der Waals surface area (Å²) in [6, 6.07) is 70.5. The number of halogens is 1. The fraction of sp³-hybridized carbons (Fsp3) is 0. The van der Waals surface area contributed by atoms with Crippen LogP contribution in [0, 0.1) is 17.2 Å². The van der Waals surface area contributed by atoms with Crippen molar-refractivity contribution in [3.63, 3.8) is 0 Å². The van der Waals surface area contributed by atoms with Crippen molar-refractivity contribution in [2.75, 3.05) is 0 Å². The number of hydrogen-bond acceptors (Lipinski definition) is 3. The van der Waals surface area contributed by atoms with E-state index in [2.05, 4.69) is 222 Å². The van der Waals surface area contributed by atoms with Gasteiger partial charge in [0, 0.05) is 6.07 Å². The van der Waals surface area contributed by atoms with Gasteiger partial charge in [-0.1, -0.05) is 188 Å². The van der Waals surface area contributed by atoms with Crippen LogP contribution in [0.1, 0.15) is 0 Å². The number of rotatable bonds is 8. The number of non-ortho nitro benzene ring substituents is 1. The fourth-order valence-corrected chi connectivity index (χ4v) is 9.65. The molecule has 7 aromatic carbocycles. The van der Waals surface area contributed by atoms with Crippen molar-refractivity contribution in [3.05, 3.63) is 223 Å². The van der Waals surface area contributed by atoms with Crippen LogP contribution in [0.3, 0.4) is 0 Å². The molecule has 0 unspecified atom stereocenters. The molecular formula is C43H36ClNO3P2Pd. The van der Waals surface area contributed by atoms with E-state index in [0.29, 0.717) is 5.75 Å². The van der Waals surface area contributed by atoms with Crippen LogP contribution >= 0.6 is 25.4 Å². The van der Waals surface area contributed by atoms with Crippen molar-refractivity contribution < 1.29 is 27.8 Å². The Bertz CT molecular complexity index is 1670. The summed E-state index contributed by atoms with van der Waals surface area (Å²) in [5.41, 5.74) is 0.00569. The number of nitro groups is 1. The monoisotopic (exact) mass is 817 g/mol. The zero-order chi connectivity index (χ0) is 36.1. The van der Waals surface area contributed by atoms with Crippen LogP contribution in [0.4, 0.5) is 5.69 Å². The normalized spacial score (nSPS) is 10.0. The number of nitrogens with zero attached hydrogens (tertiary/aromatic N) is 1. The van der Waals surface area contributed by atoms with Crippen LogP contribution in [0.2, 0.25) is 0 Å². The molecule has 0 heterocycles. The van der Waals surface area contributed by atoms with Gasteiger partial charge in [-0.25, -0.2) is 0 Å². The second kappa shape index (κ2) is 22.4. The summed E-state index contributed by atoms with van der Waals surface area (Å²) < 4.78 is 4.55. The number of benzene rings is 7. The first kappa shape index (κ1) is 39.3. The van der Waals surface area contributed by atoms with E-state index in [-0.39, 0.29) is 5.69 Å². The van der Waals surface area contributed by atoms with Crippen LogP contribution in [-0.2, 0) is 18.2 Å². The molecule has 0 saturated carbocycles. The van der Waals surface area contributed by atoms with Gasteiger partial charge in [0.2, 0.25) is 0 Å². The largest absolute Gasteiger partial charge is 0.0622 e. The van der Waals surface area contributed by atoms with Gasteiger partial charge in [-0.3, -0.25) is 10.1 Å². The van der Waals surface area contributed by atoms with Crippen LogP contribution in [-0.4, -0.2) is 4.92 Å². The zero-order valence-corrected chi connectivity index (χ0v) is 31.7. The smallest absolute Gasteiger partial charge is 0.0134 e. The van der Waals surface area contributed by atoms with Gasteiger partial charge in [0.1, 0.15) is 0 Å². The first-order chi connectivity index (χ1) is 25.1. The molecular weight excluding hydrogens is 782 g/mol. The summed E-state index contributed by atoms with van der Waals surface area (Å²) in [6.07, 6.45) is 0. The van der Waals surface area contributed by atoms with Crippen molar-refractivity contribution in [3.8, 4) is 5.75 Å². The Labute approximate surface area is 318 Å². The summed E-state index contributed by atoms with van der Waals surface area (Å²) in [4.78, 5) is 9.72. The molecule has 0 N–H and O–H groups in total. The van der Waals surface area contributed by atoms with Gasteiger partial charge < -0.3 is 4.74 Å². The zero-order valence-electron chi connectivity index (χ0n) is 27.6. The van der Waals surface area contributed by atoms with Gasteiger partial charge in [-0.05, 0) is 53.7 Å². The maximum atomic E-state index is 10.2. The second-order valence-electron chi connectivity index (χ2n) is 10.6. The van der Waals surface area contributed by atoms with E-state index in [9.17, 15) is 10.1 Å². The van der Waals surface area contributed by atoms with Crippen molar-refractivity contribution in [2.24, 2.45) is 0 Å². The summed E-state index contributed by atoms with van der Waals surface area (Å²) in [5.74, 6) is 0.388. The molecule has 258 valence electrons. The molecule has 0 aliphatic heterocycles. The average Bonchev–Trinajstić information content (AvgIpc) is 3.22. The number of hydrogen-bond donors (Lipinski definition) is 0. The van der Waals surface area contributed by atoms with Crippen molar-refractivity contribution in [1.82, 2.24) is 0 Å². The molecule has 0 amide bonds. The summed E-state index contributed by atoms with van der Waals surface area (Å²) >= 11 is 2.22. The van der Waals surface area contributed by atoms with Crippen LogP contribution in [0.5, 0.6) is 5.75 Å². The Morgan fingerprint density at radius 2 is 0.706 bits per heavy atom. The van der Waals surface area contributed by atoms with Gasteiger partial charge in [-0.15, -0.1) is 0 Å². The minimum atomic E-state index is -0.484. The minimum absolute atomic E-state index is 0.00569. The Morgan fingerprint density at radius 3 is 0.922 bits per heavy atom.